The van der Waals surface area contributed by atoms with E-state index < -0.39 is 0 Å². The molecule has 5 nitrogen and oxygen atoms in total. The van der Waals surface area contributed by atoms with E-state index in [1.54, 1.807) is 26.6 Å². The first-order chi connectivity index (χ1) is 8.80. The van der Waals surface area contributed by atoms with Crippen molar-refractivity contribution in [1.82, 2.24) is 9.97 Å². The van der Waals surface area contributed by atoms with Gasteiger partial charge in [0.05, 0.1) is 20.1 Å². The Kier molecular flexibility index (Phi) is 3.84. The zero-order valence-electron chi connectivity index (χ0n) is 10.5. The maximum atomic E-state index is 5.83. The normalized spacial score (nSPS) is 12.2. The summed E-state index contributed by atoms with van der Waals surface area (Å²) in [7, 11) is 3.23. The van der Waals surface area contributed by atoms with Crippen LogP contribution in [-0.4, -0.2) is 30.7 Å². The third-order valence-corrected chi connectivity index (χ3v) is 2.90. The second kappa shape index (κ2) is 5.55. The SMILES string of the molecule is COc1ccc(C(CN)c2ncc[nH]2)cc1OC. The molecule has 0 bridgehead atoms. The molecule has 1 aromatic carbocycles. The fourth-order valence-electron chi connectivity index (χ4n) is 1.94. The molecule has 1 atom stereocenters. The Morgan fingerprint density at radius 2 is 2.06 bits per heavy atom. The summed E-state index contributed by atoms with van der Waals surface area (Å²) in [6, 6.07) is 5.78. The van der Waals surface area contributed by atoms with E-state index in [4.69, 9.17) is 15.2 Å². The minimum atomic E-state index is 0.0276. The molecule has 0 aliphatic heterocycles. The van der Waals surface area contributed by atoms with Crippen molar-refractivity contribution < 1.29 is 9.47 Å². The maximum Gasteiger partial charge on any atom is 0.161 e. The highest BCUT2D eigenvalue weighted by molar-refractivity contribution is 5.45. The van der Waals surface area contributed by atoms with E-state index >= 15 is 0 Å². The van der Waals surface area contributed by atoms with Gasteiger partial charge in [-0.2, -0.15) is 0 Å². The summed E-state index contributed by atoms with van der Waals surface area (Å²) in [5.41, 5.74) is 6.87. The number of H-pyrrole nitrogens is 1. The lowest BCUT2D eigenvalue weighted by atomic mass is 9.98. The molecule has 0 spiro atoms. The maximum absolute atomic E-state index is 5.83. The topological polar surface area (TPSA) is 73.2 Å². The fraction of sp³-hybridized carbons (Fsp3) is 0.308. The second-order valence-electron chi connectivity index (χ2n) is 3.88. The number of ether oxygens (including phenoxy) is 2. The van der Waals surface area contributed by atoms with E-state index in [0.29, 0.717) is 18.0 Å². The Morgan fingerprint density at radius 1 is 1.28 bits per heavy atom. The highest BCUT2D eigenvalue weighted by Gasteiger charge is 2.16. The molecule has 0 amide bonds. The molecule has 1 aromatic heterocycles. The molecule has 0 aliphatic rings. The Bertz CT molecular complexity index is 497. The van der Waals surface area contributed by atoms with E-state index in [1.807, 2.05) is 18.2 Å². The second-order valence-corrected chi connectivity index (χ2v) is 3.88. The van der Waals surface area contributed by atoms with Crippen molar-refractivity contribution in [2.75, 3.05) is 20.8 Å². The summed E-state index contributed by atoms with van der Waals surface area (Å²) < 4.78 is 10.5. The van der Waals surface area contributed by atoms with Crippen molar-refractivity contribution in [3.05, 3.63) is 42.0 Å². The lowest BCUT2D eigenvalue weighted by molar-refractivity contribution is 0.354. The summed E-state index contributed by atoms with van der Waals surface area (Å²) >= 11 is 0. The van der Waals surface area contributed by atoms with E-state index in [9.17, 15) is 0 Å². The van der Waals surface area contributed by atoms with E-state index in [0.717, 1.165) is 11.4 Å². The average molecular weight is 247 g/mol. The van der Waals surface area contributed by atoms with Gasteiger partial charge in [0, 0.05) is 18.9 Å². The summed E-state index contributed by atoms with van der Waals surface area (Å²) in [4.78, 5) is 7.34. The Balaban J connectivity index is 2.37. The highest BCUT2D eigenvalue weighted by atomic mass is 16.5. The Labute approximate surface area is 106 Å². The standard InChI is InChI=1S/C13H17N3O2/c1-17-11-4-3-9(7-12(11)18-2)10(8-14)13-15-5-6-16-13/h3-7,10H,8,14H2,1-2H3,(H,15,16). The minimum Gasteiger partial charge on any atom is -0.493 e. The first-order valence-corrected chi connectivity index (χ1v) is 5.71. The van der Waals surface area contributed by atoms with Gasteiger partial charge in [-0.15, -0.1) is 0 Å². The average Bonchev–Trinajstić information content (AvgIpc) is 2.93. The molecule has 1 unspecified atom stereocenters. The molecule has 0 saturated heterocycles. The summed E-state index contributed by atoms with van der Waals surface area (Å²) in [5.74, 6) is 2.28. The van der Waals surface area contributed by atoms with Crippen LogP contribution in [0.25, 0.3) is 0 Å². The van der Waals surface area contributed by atoms with Crippen LogP contribution in [0.5, 0.6) is 11.5 Å². The molecule has 5 heteroatoms. The molecule has 2 aromatic rings. The first-order valence-electron chi connectivity index (χ1n) is 5.71. The van der Waals surface area contributed by atoms with Crippen LogP contribution in [0.4, 0.5) is 0 Å². The van der Waals surface area contributed by atoms with Gasteiger partial charge >= 0.3 is 0 Å². The van der Waals surface area contributed by atoms with Crippen molar-refractivity contribution in [3.63, 3.8) is 0 Å². The number of methoxy groups -OCH3 is 2. The number of benzene rings is 1. The predicted octanol–water partition coefficient (Wildman–Crippen LogP) is 1.52. The van der Waals surface area contributed by atoms with Gasteiger partial charge < -0.3 is 20.2 Å². The number of hydrogen-bond donors (Lipinski definition) is 2. The quantitative estimate of drug-likeness (QED) is 0.840. The largest absolute Gasteiger partial charge is 0.493 e. The number of aromatic nitrogens is 2. The monoisotopic (exact) mass is 247 g/mol. The number of hydrogen-bond acceptors (Lipinski definition) is 4. The van der Waals surface area contributed by atoms with Crippen molar-refractivity contribution in [2.45, 2.75) is 5.92 Å². The van der Waals surface area contributed by atoms with Gasteiger partial charge in [0.25, 0.3) is 0 Å². The number of nitrogens with zero attached hydrogens (tertiary/aromatic N) is 1. The molecular weight excluding hydrogens is 230 g/mol. The Morgan fingerprint density at radius 3 is 2.61 bits per heavy atom. The number of nitrogens with two attached hydrogens (primary N) is 1. The summed E-state index contributed by atoms with van der Waals surface area (Å²) in [6.45, 7) is 0.475. The third-order valence-electron chi connectivity index (χ3n) is 2.90. The zero-order chi connectivity index (χ0) is 13.0. The van der Waals surface area contributed by atoms with Gasteiger partial charge in [0.15, 0.2) is 11.5 Å². The van der Waals surface area contributed by atoms with Crippen LogP contribution in [0.15, 0.2) is 30.6 Å². The van der Waals surface area contributed by atoms with E-state index in [1.165, 1.54) is 0 Å². The van der Waals surface area contributed by atoms with Crippen LogP contribution in [0.3, 0.4) is 0 Å². The molecule has 3 N–H and O–H groups in total. The molecule has 2 rings (SSSR count). The zero-order valence-corrected chi connectivity index (χ0v) is 10.5. The van der Waals surface area contributed by atoms with Crippen LogP contribution < -0.4 is 15.2 Å². The predicted molar refractivity (Wildman–Crippen MR) is 69.0 cm³/mol. The first kappa shape index (κ1) is 12.4. The number of imidazole rings is 1. The fourth-order valence-corrected chi connectivity index (χ4v) is 1.94. The van der Waals surface area contributed by atoms with Crippen molar-refractivity contribution in [2.24, 2.45) is 5.73 Å². The molecule has 1 heterocycles. The molecule has 0 fully saturated rings. The molecule has 96 valence electrons. The van der Waals surface area contributed by atoms with E-state index in [2.05, 4.69) is 9.97 Å². The summed E-state index contributed by atoms with van der Waals surface area (Å²) in [5, 5.41) is 0. The van der Waals surface area contributed by atoms with Crippen LogP contribution in [0.2, 0.25) is 0 Å². The lowest BCUT2D eigenvalue weighted by Crippen LogP contribution is -2.15. The van der Waals surface area contributed by atoms with Crippen LogP contribution in [0.1, 0.15) is 17.3 Å². The minimum absolute atomic E-state index is 0.0276. The molecular formula is C13H17N3O2. The molecule has 0 radical (unpaired) electrons. The van der Waals surface area contributed by atoms with Gasteiger partial charge in [-0.25, -0.2) is 4.98 Å². The molecule has 18 heavy (non-hydrogen) atoms. The van der Waals surface area contributed by atoms with Gasteiger partial charge in [0.2, 0.25) is 0 Å². The van der Waals surface area contributed by atoms with Gasteiger partial charge in [-0.1, -0.05) is 6.07 Å². The van der Waals surface area contributed by atoms with Crippen LogP contribution >= 0.6 is 0 Å². The number of rotatable bonds is 5. The van der Waals surface area contributed by atoms with Crippen molar-refractivity contribution in [1.29, 1.82) is 0 Å². The summed E-state index contributed by atoms with van der Waals surface area (Å²) in [6.07, 6.45) is 3.51. The highest BCUT2D eigenvalue weighted by Crippen LogP contribution is 2.31. The van der Waals surface area contributed by atoms with Crippen molar-refractivity contribution >= 4 is 0 Å². The van der Waals surface area contributed by atoms with Crippen molar-refractivity contribution in [3.8, 4) is 11.5 Å². The molecule has 0 saturated carbocycles. The molecule has 0 aliphatic carbocycles. The third kappa shape index (κ3) is 2.31. The smallest absolute Gasteiger partial charge is 0.161 e. The van der Waals surface area contributed by atoms with E-state index in [-0.39, 0.29) is 5.92 Å². The van der Waals surface area contributed by atoms with Gasteiger partial charge in [-0.3, -0.25) is 0 Å². The number of nitrogens with one attached hydrogen (secondary N) is 1. The Hall–Kier alpha value is -2.01. The van der Waals surface area contributed by atoms with Gasteiger partial charge in [-0.05, 0) is 17.7 Å². The number of aromatic amines is 1. The van der Waals surface area contributed by atoms with Gasteiger partial charge in [0.1, 0.15) is 5.82 Å². The lowest BCUT2D eigenvalue weighted by Gasteiger charge is -2.15. The van der Waals surface area contributed by atoms with Crippen LogP contribution in [-0.2, 0) is 0 Å². The van der Waals surface area contributed by atoms with Crippen LogP contribution in [0, 0.1) is 0 Å².